The van der Waals surface area contributed by atoms with Gasteiger partial charge >= 0.3 is 6.03 Å². The maximum absolute atomic E-state index is 12.0. The number of carbonyl (C=O) groups excluding carboxylic acids is 4. The van der Waals surface area contributed by atoms with E-state index in [0.29, 0.717) is 25.9 Å². The number of likely N-dealkylation sites (tertiary alicyclic amines) is 1. The summed E-state index contributed by atoms with van der Waals surface area (Å²) in [5.74, 6) is -1.37. The van der Waals surface area contributed by atoms with Crippen LogP contribution >= 0.6 is 0 Å². The number of piperidine rings is 1. The molecule has 5 amide bonds. The summed E-state index contributed by atoms with van der Waals surface area (Å²) in [5, 5.41) is 4.79. The predicted molar refractivity (Wildman–Crippen MR) is 67.0 cm³/mol. The number of urea groups is 1. The van der Waals surface area contributed by atoms with Gasteiger partial charge in [0, 0.05) is 13.1 Å². The molecule has 0 radical (unpaired) electrons. The zero-order valence-electron chi connectivity index (χ0n) is 10.8. The van der Waals surface area contributed by atoms with Crippen LogP contribution in [0.5, 0.6) is 0 Å². The van der Waals surface area contributed by atoms with E-state index in [1.165, 1.54) is 4.90 Å². The average Bonchev–Trinajstić information content (AvgIpc) is 2.63. The molecule has 1 atom stereocenters. The summed E-state index contributed by atoms with van der Waals surface area (Å²) in [5.41, 5.74) is 9.67. The molecule has 9 heteroatoms. The number of hydrogen-bond acceptors (Lipinski definition) is 5. The molecule has 2 fully saturated rings. The number of hydrogen-bond donors (Lipinski definition) is 4. The number of primary amides is 1. The van der Waals surface area contributed by atoms with E-state index in [1.54, 1.807) is 0 Å². The highest BCUT2D eigenvalue weighted by molar-refractivity contribution is 6.07. The Morgan fingerprint density at radius 1 is 1.30 bits per heavy atom. The second kappa shape index (κ2) is 5.08. The Bertz CT molecular complexity index is 469. The number of nitrogens with two attached hydrogens (primary N) is 2. The van der Waals surface area contributed by atoms with Gasteiger partial charge in [-0.3, -0.25) is 19.7 Å². The molecule has 0 saturated carbocycles. The molecule has 0 aromatic carbocycles. The van der Waals surface area contributed by atoms with Crippen LogP contribution in [0.1, 0.15) is 19.3 Å². The summed E-state index contributed by atoms with van der Waals surface area (Å²) in [6.45, 7) is 0.581. The van der Waals surface area contributed by atoms with Crippen molar-refractivity contribution in [3.8, 4) is 0 Å². The largest absolute Gasteiger partial charge is 0.370 e. The van der Waals surface area contributed by atoms with Crippen LogP contribution in [0.4, 0.5) is 4.79 Å². The van der Waals surface area contributed by atoms with Crippen LogP contribution in [0, 0.1) is 0 Å². The first-order valence-corrected chi connectivity index (χ1v) is 6.30. The average molecular weight is 283 g/mol. The van der Waals surface area contributed by atoms with E-state index < -0.39 is 23.5 Å². The minimum Gasteiger partial charge on any atom is -0.370 e. The summed E-state index contributed by atoms with van der Waals surface area (Å²) in [6, 6.07) is -1.48. The van der Waals surface area contributed by atoms with Gasteiger partial charge in [-0.05, 0) is 12.8 Å². The molecule has 1 unspecified atom stereocenters. The molecule has 6 N–H and O–H groups in total. The molecule has 2 rings (SSSR count). The van der Waals surface area contributed by atoms with E-state index in [1.807, 2.05) is 0 Å². The van der Waals surface area contributed by atoms with Gasteiger partial charge in [0.25, 0.3) is 5.91 Å². The molecule has 2 saturated heterocycles. The quantitative estimate of drug-likeness (QED) is 0.419. The molecule has 0 bridgehead atoms. The zero-order valence-corrected chi connectivity index (χ0v) is 10.8. The SMILES string of the molecule is NC(=O)CC(N)C(=O)N1CCC2(CC1)NC(=O)NC2=O. The van der Waals surface area contributed by atoms with Crippen molar-refractivity contribution in [1.29, 1.82) is 0 Å². The molecule has 1 spiro atoms. The highest BCUT2D eigenvalue weighted by Crippen LogP contribution is 2.25. The van der Waals surface area contributed by atoms with E-state index in [9.17, 15) is 19.2 Å². The van der Waals surface area contributed by atoms with Crippen LogP contribution < -0.4 is 22.1 Å². The van der Waals surface area contributed by atoms with Gasteiger partial charge in [-0.2, -0.15) is 0 Å². The molecule has 20 heavy (non-hydrogen) atoms. The van der Waals surface area contributed by atoms with Crippen molar-refractivity contribution in [1.82, 2.24) is 15.5 Å². The number of carbonyl (C=O) groups is 4. The van der Waals surface area contributed by atoms with E-state index >= 15 is 0 Å². The van der Waals surface area contributed by atoms with Gasteiger partial charge in [0.15, 0.2) is 0 Å². The van der Waals surface area contributed by atoms with E-state index in [2.05, 4.69) is 10.6 Å². The van der Waals surface area contributed by atoms with Crippen LogP contribution in [0.15, 0.2) is 0 Å². The molecule has 0 aromatic heterocycles. The van der Waals surface area contributed by atoms with Crippen LogP contribution in [-0.4, -0.2) is 53.3 Å². The van der Waals surface area contributed by atoms with Gasteiger partial charge < -0.3 is 21.7 Å². The van der Waals surface area contributed by atoms with Crippen molar-refractivity contribution in [2.45, 2.75) is 30.8 Å². The van der Waals surface area contributed by atoms with Gasteiger partial charge in [0.2, 0.25) is 11.8 Å². The monoisotopic (exact) mass is 283 g/mol. The smallest absolute Gasteiger partial charge is 0.322 e. The summed E-state index contributed by atoms with van der Waals surface area (Å²) in [7, 11) is 0. The lowest BCUT2D eigenvalue weighted by Gasteiger charge is -2.37. The fourth-order valence-corrected chi connectivity index (χ4v) is 2.53. The van der Waals surface area contributed by atoms with E-state index in [0.717, 1.165) is 0 Å². The summed E-state index contributed by atoms with van der Waals surface area (Å²) < 4.78 is 0. The number of nitrogens with one attached hydrogen (secondary N) is 2. The van der Waals surface area contributed by atoms with Crippen LogP contribution in [-0.2, 0) is 14.4 Å². The Balaban J connectivity index is 1.94. The first-order chi connectivity index (χ1) is 9.34. The van der Waals surface area contributed by atoms with Crippen molar-refractivity contribution >= 4 is 23.8 Å². The Morgan fingerprint density at radius 2 is 1.90 bits per heavy atom. The molecule has 2 aliphatic heterocycles. The number of nitrogens with zero attached hydrogens (tertiary/aromatic N) is 1. The van der Waals surface area contributed by atoms with Crippen molar-refractivity contribution in [2.75, 3.05) is 13.1 Å². The highest BCUT2D eigenvalue weighted by atomic mass is 16.2. The van der Waals surface area contributed by atoms with Crippen LogP contribution in [0.2, 0.25) is 0 Å². The Hall–Kier alpha value is -2.16. The molecule has 0 aromatic rings. The fraction of sp³-hybridized carbons (Fsp3) is 0.636. The maximum Gasteiger partial charge on any atom is 0.322 e. The van der Waals surface area contributed by atoms with Crippen molar-refractivity contribution in [3.63, 3.8) is 0 Å². The third-order valence-corrected chi connectivity index (χ3v) is 3.68. The van der Waals surface area contributed by atoms with Gasteiger partial charge in [-0.15, -0.1) is 0 Å². The number of rotatable bonds is 3. The third-order valence-electron chi connectivity index (χ3n) is 3.68. The van der Waals surface area contributed by atoms with Gasteiger partial charge in [0.05, 0.1) is 12.5 Å². The van der Waals surface area contributed by atoms with Gasteiger partial charge in [-0.25, -0.2) is 4.79 Å². The van der Waals surface area contributed by atoms with E-state index in [4.69, 9.17) is 11.5 Å². The second-order valence-electron chi connectivity index (χ2n) is 5.09. The normalized spacial score (nSPS) is 22.4. The molecule has 2 aliphatic rings. The highest BCUT2D eigenvalue weighted by Gasteiger charge is 2.48. The molecule has 2 heterocycles. The maximum atomic E-state index is 12.0. The van der Waals surface area contributed by atoms with Crippen molar-refractivity contribution in [2.24, 2.45) is 11.5 Å². The molecule has 0 aliphatic carbocycles. The summed E-state index contributed by atoms with van der Waals surface area (Å²) in [4.78, 5) is 47.1. The van der Waals surface area contributed by atoms with Gasteiger partial charge in [0.1, 0.15) is 5.54 Å². The Morgan fingerprint density at radius 3 is 2.35 bits per heavy atom. The second-order valence-corrected chi connectivity index (χ2v) is 5.09. The lowest BCUT2D eigenvalue weighted by molar-refractivity contribution is -0.138. The molecule has 110 valence electrons. The van der Waals surface area contributed by atoms with Crippen molar-refractivity contribution < 1.29 is 19.2 Å². The minimum absolute atomic E-state index is 0.211. The first-order valence-electron chi connectivity index (χ1n) is 6.30. The third kappa shape index (κ3) is 2.57. The summed E-state index contributed by atoms with van der Waals surface area (Å²) >= 11 is 0. The zero-order chi connectivity index (χ0) is 14.9. The van der Waals surface area contributed by atoms with Gasteiger partial charge in [-0.1, -0.05) is 0 Å². The first kappa shape index (κ1) is 14.3. The Labute approximate surface area is 115 Å². The number of imide groups is 1. The fourth-order valence-electron chi connectivity index (χ4n) is 2.53. The molecular weight excluding hydrogens is 266 g/mol. The minimum atomic E-state index is -0.964. The Kier molecular flexibility index (Phi) is 3.62. The predicted octanol–water partition coefficient (Wildman–Crippen LogP) is -2.61. The standard InChI is InChI=1S/C11H17N5O4/c12-6(5-7(13)17)8(18)16-3-1-11(2-4-16)9(19)14-10(20)15-11/h6H,1-5,12H2,(H2,13,17)(H2,14,15,19,20). The lowest BCUT2D eigenvalue weighted by Crippen LogP contribution is -2.57. The lowest BCUT2D eigenvalue weighted by atomic mass is 9.87. The van der Waals surface area contributed by atoms with Crippen molar-refractivity contribution in [3.05, 3.63) is 0 Å². The number of amides is 5. The molecule has 9 nitrogen and oxygen atoms in total. The summed E-state index contributed by atoms with van der Waals surface area (Å²) in [6.07, 6.45) is 0.427. The molecular formula is C11H17N5O4. The van der Waals surface area contributed by atoms with E-state index in [-0.39, 0.29) is 18.2 Å². The van der Waals surface area contributed by atoms with Crippen LogP contribution in [0.3, 0.4) is 0 Å². The van der Waals surface area contributed by atoms with Crippen LogP contribution in [0.25, 0.3) is 0 Å². The topological polar surface area (TPSA) is 148 Å².